The Labute approximate surface area is 162 Å². The van der Waals surface area contributed by atoms with Crippen molar-refractivity contribution in [3.63, 3.8) is 0 Å². The van der Waals surface area contributed by atoms with Crippen LogP contribution in [0.3, 0.4) is 0 Å². The van der Waals surface area contributed by atoms with Crippen LogP contribution in [0, 0.1) is 5.82 Å². The van der Waals surface area contributed by atoms with Crippen molar-refractivity contribution in [3.8, 4) is 11.5 Å². The van der Waals surface area contributed by atoms with E-state index in [1.54, 1.807) is 38.4 Å². The van der Waals surface area contributed by atoms with Crippen molar-refractivity contribution in [3.05, 3.63) is 59.4 Å². The highest BCUT2D eigenvalue weighted by Gasteiger charge is 2.11. The summed E-state index contributed by atoms with van der Waals surface area (Å²) < 4.78 is 24.6. The number of carbonyl (C=O) groups is 2. The predicted octanol–water partition coefficient (Wildman–Crippen LogP) is 2.46. The minimum atomic E-state index is -0.651. The summed E-state index contributed by atoms with van der Waals surface area (Å²) in [6.45, 7) is 2.12. The third-order valence-electron chi connectivity index (χ3n) is 3.62. The summed E-state index contributed by atoms with van der Waals surface area (Å²) in [5.41, 5.74) is 2.81. The molecule has 0 spiro atoms. The number of hydrogen-bond donors (Lipinski definition) is 1. The number of nitrogens with one attached hydrogen (secondary N) is 1. The molecule has 0 fully saturated rings. The number of rotatable bonds is 8. The Morgan fingerprint density at radius 2 is 1.89 bits per heavy atom. The molecule has 0 aliphatic rings. The van der Waals surface area contributed by atoms with Crippen LogP contribution in [0.2, 0.25) is 0 Å². The van der Waals surface area contributed by atoms with Gasteiger partial charge < -0.3 is 14.4 Å². The number of ether oxygens (including phenoxy) is 2. The highest BCUT2D eigenvalue weighted by atomic mass is 19.1. The summed E-state index contributed by atoms with van der Waals surface area (Å²) in [5.74, 6) is -0.587. The smallest absolute Gasteiger partial charge is 0.274 e. The maximum Gasteiger partial charge on any atom is 0.274 e. The number of benzene rings is 2. The average Bonchev–Trinajstić information content (AvgIpc) is 2.67. The monoisotopic (exact) mass is 387 g/mol. The summed E-state index contributed by atoms with van der Waals surface area (Å²) >= 11 is 0. The summed E-state index contributed by atoms with van der Waals surface area (Å²) in [6.07, 6.45) is 1.40. The van der Waals surface area contributed by atoms with Crippen molar-refractivity contribution >= 4 is 18.0 Å². The number of hydrazone groups is 1. The lowest BCUT2D eigenvalue weighted by Crippen LogP contribution is -2.27. The molecular weight excluding hydrogens is 365 g/mol. The van der Waals surface area contributed by atoms with Crippen LogP contribution in [-0.4, -0.2) is 50.2 Å². The zero-order valence-electron chi connectivity index (χ0n) is 15.9. The number of hydrogen-bond acceptors (Lipinski definition) is 5. The van der Waals surface area contributed by atoms with Gasteiger partial charge in [0.05, 0.1) is 18.4 Å². The topological polar surface area (TPSA) is 80.2 Å². The molecule has 2 aromatic rings. The van der Waals surface area contributed by atoms with Gasteiger partial charge in [-0.2, -0.15) is 5.10 Å². The fourth-order valence-corrected chi connectivity index (χ4v) is 2.13. The second-order valence-corrected chi connectivity index (χ2v) is 5.89. The van der Waals surface area contributed by atoms with Crippen LogP contribution < -0.4 is 14.9 Å². The molecule has 148 valence electrons. The standard InChI is InChI=1S/C20H22FN3O4/c1-4-27-18-11-14(9-10-17(18)28-13-19(25)24(2)3)12-22-23-20(26)15-7-5-6-8-16(15)21/h5-12H,4,13H2,1-3H3,(H,23,26)/b22-12-. The Balaban J connectivity index is 2.06. The fraction of sp³-hybridized carbons (Fsp3) is 0.250. The van der Waals surface area contributed by atoms with Gasteiger partial charge in [0.15, 0.2) is 18.1 Å². The lowest BCUT2D eigenvalue weighted by molar-refractivity contribution is -0.130. The fourth-order valence-electron chi connectivity index (χ4n) is 2.13. The Hall–Kier alpha value is -3.42. The van der Waals surface area contributed by atoms with Gasteiger partial charge in [0.2, 0.25) is 0 Å². The van der Waals surface area contributed by atoms with E-state index in [0.717, 1.165) is 0 Å². The largest absolute Gasteiger partial charge is 0.490 e. The van der Waals surface area contributed by atoms with Gasteiger partial charge in [-0.05, 0) is 42.8 Å². The van der Waals surface area contributed by atoms with Gasteiger partial charge >= 0.3 is 0 Å². The van der Waals surface area contributed by atoms with E-state index >= 15 is 0 Å². The summed E-state index contributed by atoms with van der Waals surface area (Å²) in [5, 5.41) is 3.84. The van der Waals surface area contributed by atoms with Crippen LogP contribution in [0.1, 0.15) is 22.8 Å². The van der Waals surface area contributed by atoms with Gasteiger partial charge in [-0.25, -0.2) is 9.82 Å². The lowest BCUT2D eigenvalue weighted by Gasteiger charge is -2.14. The third kappa shape index (κ3) is 5.80. The van der Waals surface area contributed by atoms with Crippen molar-refractivity contribution in [2.45, 2.75) is 6.92 Å². The molecule has 0 aromatic heterocycles. The van der Waals surface area contributed by atoms with Crippen molar-refractivity contribution in [1.29, 1.82) is 0 Å². The van der Waals surface area contributed by atoms with E-state index in [9.17, 15) is 14.0 Å². The Kier molecular flexibility index (Phi) is 7.50. The van der Waals surface area contributed by atoms with Gasteiger partial charge in [0.25, 0.3) is 11.8 Å². The molecule has 2 aromatic carbocycles. The van der Waals surface area contributed by atoms with Crippen LogP contribution in [0.15, 0.2) is 47.6 Å². The molecule has 28 heavy (non-hydrogen) atoms. The van der Waals surface area contributed by atoms with E-state index in [-0.39, 0.29) is 18.1 Å². The average molecular weight is 387 g/mol. The second kappa shape index (κ2) is 10.1. The molecular formula is C20H22FN3O4. The number of likely N-dealkylation sites (N-methyl/N-ethyl adjacent to an activating group) is 1. The first kappa shape index (κ1) is 20.9. The van der Waals surface area contributed by atoms with Crippen LogP contribution in [0.5, 0.6) is 11.5 Å². The predicted molar refractivity (Wildman–Crippen MR) is 103 cm³/mol. The molecule has 2 rings (SSSR count). The molecule has 0 aliphatic heterocycles. The lowest BCUT2D eigenvalue weighted by atomic mass is 10.2. The third-order valence-corrected chi connectivity index (χ3v) is 3.62. The zero-order chi connectivity index (χ0) is 20.5. The first-order valence-corrected chi connectivity index (χ1v) is 8.60. The molecule has 1 N–H and O–H groups in total. The van der Waals surface area contributed by atoms with E-state index < -0.39 is 11.7 Å². The highest BCUT2D eigenvalue weighted by Crippen LogP contribution is 2.28. The van der Waals surface area contributed by atoms with Crippen molar-refractivity contribution < 1.29 is 23.5 Å². The van der Waals surface area contributed by atoms with Gasteiger partial charge in [-0.15, -0.1) is 0 Å². The van der Waals surface area contributed by atoms with Crippen LogP contribution in [0.25, 0.3) is 0 Å². The van der Waals surface area contributed by atoms with Crippen molar-refractivity contribution in [2.24, 2.45) is 5.10 Å². The normalized spacial score (nSPS) is 10.6. The minimum absolute atomic E-state index is 0.0936. The van der Waals surface area contributed by atoms with Gasteiger partial charge in [0.1, 0.15) is 5.82 Å². The van der Waals surface area contributed by atoms with E-state index in [1.807, 2.05) is 6.92 Å². The number of carbonyl (C=O) groups excluding carboxylic acids is 2. The Morgan fingerprint density at radius 1 is 1.14 bits per heavy atom. The van der Waals surface area contributed by atoms with Crippen LogP contribution >= 0.6 is 0 Å². The van der Waals surface area contributed by atoms with E-state index in [0.29, 0.717) is 23.7 Å². The highest BCUT2D eigenvalue weighted by molar-refractivity contribution is 5.95. The first-order chi connectivity index (χ1) is 13.4. The maximum absolute atomic E-state index is 13.6. The molecule has 0 saturated heterocycles. The molecule has 7 nitrogen and oxygen atoms in total. The molecule has 0 atom stereocenters. The minimum Gasteiger partial charge on any atom is -0.490 e. The summed E-state index contributed by atoms with van der Waals surface area (Å²) in [4.78, 5) is 25.0. The quantitative estimate of drug-likeness (QED) is 0.557. The first-order valence-electron chi connectivity index (χ1n) is 8.60. The van der Waals surface area contributed by atoms with Gasteiger partial charge in [-0.3, -0.25) is 9.59 Å². The Bertz CT molecular complexity index is 868. The SMILES string of the molecule is CCOc1cc(/C=N\NC(=O)c2ccccc2F)ccc1OCC(=O)N(C)C. The van der Waals surface area contributed by atoms with E-state index in [2.05, 4.69) is 10.5 Å². The van der Waals surface area contributed by atoms with Gasteiger partial charge in [-0.1, -0.05) is 12.1 Å². The molecule has 0 radical (unpaired) electrons. The van der Waals surface area contributed by atoms with Crippen LogP contribution in [-0.2, 0) is 4.79 Å². The Morgan fingerprint density at radius 3 is 2.57 bits per heavy atom. The maximum atomic E-state index is 13.6. The molecule has 0 saturated carbocycles. The summed E-state index contributed by atoms with van der Waals surface area (Å²) in [7, 11) is 3.29. The molecule has 0 unspecified atom stereocenters. The van der Waals surface area contributed by atoms with Gasteiger partial charge in [0, 0.05) is 14.1 Å². The van der Waals surface area contributed by atoms with Crippen LogP contribution in [0.4, 0.5) is 4.39 Å². The molecule has 2 amide bonds. The molecule has 0 aliphatic carbocycles. The van der Waals surface area contributed by atoms with E-state index in [1.165, 1.54) is 29.3 Å². The van der Waals surface area contributed by atoms with Crippen molar-refractivity contribution in [2.75, 3.05) is 27.3 Å². The molecule has 0 heterocycles. The number of amides is 2. The summed E-state index contributed by atoms with van der Waals surface area (Å²) in [6, 6.07) is 10.6. The molecule has 0 bridgehead atoms. The number of nitrogens with zero attached hydrogens (tertiary/aromatic N) is 2. The number of halogens is 1. The van der Waals surface area contributed by atoms with Crippen molar-refractivity contribution in [1.82, 2.24) is 10.3 Å². The van der Waals surface area contributed by atoms with E-state index in [4.69, 9.17) is 9.47 Å². The second-order valence-electron chi connectivity index (χ2n) is 5.89. The molecule has 8 heteroatoms. The zero-order valence-corrected chi connectivity index (χ0v) is 15.9.